The highest BCUT2D eigenvalue weighted by atomic mass is 32.1. The summed E-state index contributed by atoms with van der Waals surface area (Å²) in [5.74, 6) is 0.637. The predicted molar refractivity (Wildman–Crippen MR) is 124 cm³/mol. The lowest BCUT2D eigenvalue weighted by molar-refractivity contribution is -0.285. The molecule has 1 aliphatic rings. The Morgan fingerprint density at radius 2 is 1.97 bits per heavy atom. The Bertz CT molecular complexity index is 939. The lowest BCUT2D eigenvalue weighted by Crippen LogP contribution is -2.36. The Morgan fingerprint density at radius 3 is 2.61 bits per heavy atom. The third-order valence-electron chi connectivity index (χ3n) is 5.17. The average Bonchev–Trinajstić information content (AvgIpc) is 3.38. The van der Waals surface area contributed by atoms with Gasteiger partial charge in [0.15, 0.2) is 0 Å². The number of carbonyl (C=O) groups is 1. The van der Waals surface area contributed by atoms with Gasteiger partial charge in [0.05, 0.1) is 10.6 Å². The Labute approximate surface area is 197 Å². The van der Waals surface area contributed by atoms with Gasteiger partial charge in [0.1, 0.15) is 25.1 Å². The molecule has 1 aromatic carbocycles. The lowest BCUT2D eigenvalue weighted by Gasteiger charge is -2.19. The van der Waals surface area contributed by atoms with Gasteiger partial charge < -0.3 is 20.3 Å². The zero-order valence-corrected chi connectivity index (χ0v) is 20.4. The molecule has 9 nitrogen and oxygen atoms in total. The minimum atomic E-state index is -0.909. The molecular weight excluding hydrogens is 448 g/mol. The highest BCUT2D eigenvalue weighted by Gasteiger charge is 2.32. The number of anilines is 1. The summed E-state index contributed by atoms with van der Waals surface area (Å²) in [6.45, 7) is 9.57. The number of rotatable bonds is 10. The first-order chi connectivity index (χ1) is 15.7. The number of nitrogens with one attached hydrogen (secondary N) is 1. The van der Waals surface area contributed by atoms with Gasteiger partial charge in [-0.3, -0.25) is 4.79 Å². The van der Waals surface area contributed by atoms with E-state index in [-0.39, 0.29) is 13.2 Å². The molecule has 0 saturated carbocycles. The maximum Gasteiger partial charge on any atom is 0.256 e. The zero-order chi connectivity index (χ0) is 24.1. The number of aryl methyl sites for hydroxylation is 2. The second kappa shape index (κ2) is 11.3. The van der Waals surface area contributed by atoms with E-state index >= 15 is 0 Å². The Balaban J connectivity index is 1.62. The van der Waals surface area contributed by atoms with E-state index in [0.717, 1.165) is 28.0 Å². The van der Waals surface area contributed by atoms with Crippen molar-refractivity contribution in [1.82, 2.24) is 5.32 Å². The van der Waals surface area contributed by atoms with Crippen LogP contribution in [0.4, 0.5) is 5.69 Å². The van der Waals surface area contributed by atoms with Gasteiger partial charge in [-0.1, -0.05) is 24.1 Å². The fraction of sp³-hybridized carbons (Fsp3) is 0.522. The van der Waals surface area contributed by atoms with Crippen molar-refractivity contribution < 1.29 is 34.5 Å². The smallest absolute Gasteiger partial charge is 0.256 e. The van der Waals surface area contributed by atoms with Crippen molar-refractivity contribution in [1.29, 1.82) is 0 Å². The van der Waals surface area contributed by atoms with Crippen LogP contribution >= 0.6 is 11.3 Å². The molecule has 33 heavy (non-hydrogen) atoms. The number of hydrogen-bond donors (Lipinski definition) is 3. The van der Waals surface area contributed by atoms with Gasteiger partial charge in [0, 0.05) is 6.54 Å². The molecule has 0 bridgehead atoms. The Kier molecular flexibility index (Phi) is 8.69. The molecule has 1 saturated heterocycles. The number of amides is 1. The molecule has 0 spiro atoms. The SMILES string of the molecule is Cc1cc(N2OOC(c3scc(CC(C)C)c3C)O2)cc(C)c1OCC(O)CNC(=O)CO. The van der Waals surface area contributed by atoms with E-state index < -0.39 is 24.9 Å². The van der Waals surface area contributed by atoms with E-state index in [0.29, 0.717) is 17.4 Å². The lowest BCUT2D eigenvalue weighted by atomic mass is 10.0. The average molecular weight is 481 g/mol. The van der Waals surface area contributed by atoms with E-state index in [9.17, 15) is 9.90 Å². The predicted octanol–water partition coefficient (Wildman–Crippen LogP) is 3.03. The summed E-state index contributed by atoms with van der Waals surface area (Å²) in [5.41, 5.74) is 4.74. The van der Waals surface area contributed by atoms with Crippen molar-refractivity contribution in [2.75, 3.05) is 25.0 Å². The van der Waals surface area contributed by atoms with Gasteiger partial charge >= 0.3 is 0 Å². The van der Waals surface area contributed by atoms with Crippen molar-refractivity contribution >= 4 is 22.9 Å². The molecule has 1 fully saturated rings. The molecule has 2 atom stereocenters. The number of benzene rings is 1. The van der Waals surface area contributed by atoms with Crippen LogP contribution in [0.25, 0.3) is 0 Å². The van der Waals surface area contributed by atoms with Gasteiger partial charge in [-0.2, -0.15) is 4.89 Å². The van der Waals surface area contributed by atoms with Crippen molar-refractivity contribution in [3.05, 3.63) is 44.6 Å². The van der Waals surface area contributed by atoms with Crippen LogP contribution in [0, 0.1) is 26.7 Å². The molecule has 3 rings (SSSR count). The number of aliphatic hydroxyl groups excluding tert-OH is 2. The maximum absolute atomic E-state index is 11.1. The maximum atomic E-state index is 11.1. The van der Waals surface area contributed by atoms with Crippen molar-refractivity contribution in [3.63, 3.8) is 0 Å². The molecule has 2 heterocycles. The topological polar surface area (TPSA) is 110 Å². The van der Waals surface area contributed by atoms with Crippen LogP contribution in [0.5, 0.6) is 5.75 Å². The summed E-state index contributed by atoms with van der Waals surface area (Å²) < 4.78 is 5.76. The Morgan fingerprint density at radius 1 is 1.27 bits per heavy atom. The molecule has 0 aliphatic carbocycles. The van der Waals surface area contributed by atoms with Crippen LogP contribution in [-0.4, -0.2) is 42.0 Å². The summed E-state index contributed by atoms with van der Waals surface area (Å²) in [6, 6.07) is 3.67. The quantitative estimate of drug-likeness (QED) is 0.445. The fourth-order valence-corrected chi connectivity index (χ4v) is 4.57. The number of ether oxygens (including phenoxy) is 1. The third kappa shape index (κ3) is 6.44. The number of hydrogen-bond acceptors (Lipinski definition) is 9. The van der Waals surface area contributed by atoms with Crippen molar-refractivity contribution in [3.8, 4) is 5.75 Å². The van der Waals surface area contributed by atoms with Crippen LogP contribution in [0.3, 0.4) is 0 Å². The number of nitrogens with zero attached hydrogens (tertiary/aromatic N) is 1. The monoisotopic (exact) mass is 480 g/mol. The largest absolute Gasteiger partial charge is 0.490 e. The summed E-state index contributed by atoms with van der Waals surface area (Å²) in [5, 5.41) is 24.5. The van der Waals surface area contributed by atoms with Crippen molar-refractivity contribution in [2.45, 2.75) is 53.4 Å². The molecule has 3 N–H and O–H groups in total. The van der Waals surface area contributed by atoms with Gasteiger partial charge in [-0.25, -0.2) is 4.84 Å². The molecule has 1 aliphatic heterocycles. The van der Waals surface area contributed by atoms with Crippen LogP contribution in [0.2, 0.25) is 0 Å². The van der Waals surface area contributed by atoms with E-state index in [2.05, 4.69) is 31.5 Å². The highest BCUT2D eigenvalue weighted by Crippen LogP contribution is 2.39. The second-order valence-corrected chi connectivity index (χ2v) is 9.46. The first kappa shape index (κ1) is 25.4. The molecular formula is C23H32N2O7S. The number of thiophene rings is 1. The summed E-state index contributed by atoms with van der Waals surface area (Å²) in [6.07, 6.45) is -0.549. The van der Waals surface area contributed by atoms with Gasteiger partial charge in [0.2, 0.25) is 5.91 Å². The summed E-state index contributed by atoms with van der Waals surface area (Å²) in [4.78, 5) is 28.8. The van der Waals surface area contributed by atoms with E-state index in [1.165, 1.54) is 10.8 Å². The van der Waals surface area contributed by atoms with Gasteiger partial charge in [-0.05, 0) is 72.9 Å². The molecule has 0 radical (unpaired) electrons. The zero-order valence-electron chi connectivity index (χ0n) is 19.6. The fourth-order valence-electron chi connectivity index (χ4n) is 3.53. The van der Waals surface area contributed by atoms with Crippen LogP contribution in [0.1, 0.15) is 47.3 Å². The van der Waals surface area contributed by atoms with E-state index in [4.69, 9.17) is 24.6 Å². The van der Waals surface area contributed by atoms with Gasteiger partial charge in [0.25, 0.3) is 6.29 Å². The standard InChI is InChI=1S/C23H32N2O7S/c1-13(2)6-17-12-33-22(16(17)5)23-30-25(32-31-23)18-7-14(3)21(15(4)8-18)29-11-19(27)9-24-20(28)10-26/h7-8,12-13,19,23,26-27H,6,9-11H2,1-5H3,(H,24,28). The Hall–Kier alpha value is -2.21. The van der Waals surface area contributed by atoms with Crippen molar-refractivity contribution in [2.24, 2.45) is 5.92 Å². The number of carbonyl (C=O) groups excluding carboxylic acids is 1. The van der Waals surface area contributed by atoms with Gasteiger partial charge in [-0.15, -0.1) is 11.3 Å². The molecule has 182 valence electrons. The van der Waals surface area contributed by atoms with E-state index in [1.807, 2.05) is 26.0 Å². The van der Waals surface area contributed by atoms with E-state index in [1.54, 1.807) is 11.3 Å². The molecule has 1 amide bonds. The minimum Gasteiger partial charge on any atom is -0.490 e. The van der Waals surface area contributed by atoms with Crippen LogP contribution < -0.4 is 15.3 Å². The summed E-state index contributed by atoms with van der Waals surface area (Å²) >= 11 is 1.60. The minimum absolute atomic E-state index is 0.00893. The third-order valence-corrected chi connectivity index (χ3v) is 6.32. The first-order valence-corrected chi connectivity index (χ1v) is 11.7. The first-order valence-electron chi connectivity index (χ1n) is 10.9. The molecule has 2 unspecified atom stereocenters. The molecule has 2 aromatic rings. The summed E-state index contributed by atoms with van der Waals surface area (Å²) in [7, 11) is 0. The van der Waals surface area contributed by atoms with Crippen LogP contribution in [0.15, 0.2) is 17.5 Å². The van der Waals surface area contributed by atoms with Crippen LogP contribution in [-0.2, 0) is 25.9 Å². The molecule has 10 heteroatoms. The second-order valence-electron chi connectivity index (χ2n) is 8.55. The normalized spacial score (nSPS) is 17.0. The highest BCUT2D eigenvalue weighted by molar-refractivity contribution is 7.10. The number of aliphatic hydroxyl groups is 2. The molecule has 1 aromatic heterocycles.